The van der Waals surface area contributed by atoms with Gasteiger partial charge in [0.2, 0.25) is 5.91 Å². The Morgan fingerprint density at radius 1 is 1.19 bits per heavy atom. The molecule has 6 nitrogen and oxygen atoms in total. The predicted molar refractivity (Wildman–Crippen MR) is 91.1 cm³/mol. The number of hydrogen-bond donors (Lipinski definition) is 1. The molecule has 2 amide bonds. The zero-order valence-electron chi connectivity index (χ0n) is 14.9. The van der Waals surface area contributed by atoms with Gasteiger partial charge < -0.3 is 15.1 Å². The van der Waals surface area contributed by atoms with Gasteiger partial charge in [0.05, 0.1) is 16.9 Å². The number of nitrogens with one attached hydrogen (secondary N) is 1. The van der Waals surface area contributed by atoms with Gasteiger partial charge in [-0.1, -0.05) is 0 Å². The Morgan fingerprint density at radius 3 is 2.35 bits per heavy atom. The molecule has 26 heavy (non-hydrogen) atoms. The summed E-state index contributed by atoms with van der Waals surface area (Å²) in [6.45, 7) is 4.95. The first kappa shape index (κ1) is 19.7. The third-order valence-electron chi connectivity index (χ3n) is 4.11. The lowest BCUT2D eigenvalue weighted by atomic mass is 10.1. The quantitative estimate of drug-likeness (QED) is 0.825. The van der Waals surface area contributed by atoms with Crippen molar-refractivity contribution in [2.24, 2.45) is 0 Å². The molecule has 0 unspecified atom stereocenters. The van der Waals surface area contributed by atoms with Gasteiger partial charge in [0.15, 0.2) is 0 Å². The second kappa shape index (κ2) is 7.76. The lowest BCUT2D eigenvalue weighted by Gasteiger charge is -2.36. The molecule has 0 saturated carbocycles. The van der Waals surface area contributed by atoms with Gasteiger partial charge in [-0.25, -0.2) is 0 Å². The summed E-state index contributed by atoms with van der Waals surface area (Å²) in [6, 6.07) is 1.80. The minimum Gasteiger partial charge on any atom is -0.367 e. The Kier molecular flexibility index (Phi) is 5.89. The Bertz CT molecular complexity index is 723. The van der Waals surface area contributed by atoms with Gasteiger partial charge in [-0.3, -0.25) is 14.6 Å². The number of alkyl halides is 3. The fourth-order valence-corrected chi connectivity index (χ4v) is 2.90. The number of aryl methyl sites for hydroxylation is 2. The van der Waals surface area contributed by atoms with E-state index in [0.717, 1.165) is 5.69 Å². The molecule has 1 fully saturated rings. The number of nitrogens with zero attached hydrogens (tertiary/aromatic N) is 3. The summed E-state index contributed by atoms with van der Waals surface area (Å²) in [5.74, 6) is -0.924. The van der Waals surface area contributed by atoms with Crippen LogP contribution in [0.3, 0.4) is 0 Å². The van der Waals surface area contributed by atoms with Crippen LogP contribution < -0.4 is 10.2 Å². The van der Waals surface area contributed by atoms with Crippen LogP contribution in [0.1, 0.15) is 21.7 Å². The molecule has 0 aromatic carbocycles. The molecule has 0 bridgehead atoms. The summed E-state index contributed by atoms with van der Waals surface area (Å²) < 4.78 is 36.6. The van der Waals surface area contributed by atoms with E-state index in [2.05, 4.69) is 10.3 Å². The van der Waals surface area contributed by atoms with Crippen molar-refractivity contribution in [1.29, 1.82) is 0 Å². The first-order valence-electron chi connectivity index (χ1n) is 8.12. The monoisotopic (exact) mass is 370 g/mol. The van der Waals surface area contributed by atoms with Crippen molar-refractivity contribution in [3.05, 3.63) is 35.2 Å². The van der Waals surface area contributed by atoms with E-state index in [1.807, 2.05) is 11.8 Å². The Balaban J connectivity index is 2.14. The van der Waals surface area contributed by atoms with Crippen molar-refractivity contribution in [1.82, 2.24) is 15.2 Å². The molecule has 1 aromatic rings. The molecule has 0 atom stereocenters. The molecule has 0 aliphatic carbocycles. The maximum atomic E-state index is 12.2. The van der Waals surface area contributed by atoms with Gasteiger partial charge in [-0.2, -0.15) is 13.2 Å². The smallest absolute Gasteiger partial charge is 0.367 e. The van der Waals surface area contributed by atoms with E-state index in [1.165, 1.54) is 11.9 Å². The molecule has 0 spiro atoms. The van der Waals surface area contributed by atoms with Crippen LogP contribution in [0.2, 0.25) is 0 Å². The molecule has 0 radical (unpaired) electrons. The maximum Gasteiger partial charge on any atom is 0.409 e. The fourth-order valence-electron chi connectivity index (χ4n) is 2.90. The van der Waals surface area contributed by atoms with Crippen molar-refractivity contribution in [3.63, 3.8) is 0 Å². The Morgan fingerprint density at radius 2 is 1.81 bits per heavy atom. The second-order valence-electron chi connectivity index (χ2n) is 6.01. The number of amides is 2. The molecule has 9 heteroatoms. The summed E-state index contributed by atoms with van der Waals surface area (Å²) in [5, 5.41) is 2.59. The van der Waals surface area contributed by atoms with E-state index in [-0.39, 0.29) is 25.1 Å². The number of piperazine rings is 1. The topological polar surface area (TPSA) is 65.5 Å². The fraction of sp³-hybridized carbons (Fsp3) is 0.471. The van der Waals surface area contributed by atoms with E-state index in [0.29, 0.717) is 36.1 Å². The lowest BCUT2D eigenvalue weighted by molar-refractivity contribution is -0.127. The number of allylic oxidation sites excluding steroid dienone is 1. The van der Waals surface area contributed by atoms with Crippen LogP contribution in [-0.2, 0) is 4.79 Å². The van der Waals surface area contributed by atoms with E-state index in [9.17, 15) is 22.8 Å². The average molecular weight is 370 g/mol. The minimum atomic E-state index is -4.51. The van der Waals surface area contributed by atoms with Gasteiger partial charge in [0.1, 0.15) is 0 Å². The normalized spacial score (nSPS) is 15.5. The zero-order valence-corrected chi connectivity index (χ0v) is 14.9. The van der Waals surface area contributed by atoms with Crippen molar-refractivity contribution >= 4 is 17.5 Å². The lowest BCUT2D eigenvalue weighted by Crippen LogP contribution is -2.49. The molecule has 1 aliphatic heterocycles. The number of carbonyl (C=O) groups is 2. The molecule has 1 N–H and O–H groups in total. The Hall–Kier alpha value is -2.58. The van der Waals surface area contributed by atoms with Gasteiger partial charge in [0, 0.05) is 51.1 Å². The standard InChI is InChI=1S/C17H21F3N4O2/c1-11-10-13(15(12(2)22-11)16(26)21-3)23-6-8-24(9-7-23)14(25)4-5-17(18,19)20/h4-5,10H,6-9H2,1-3H3,(H,21,26). The maximum absolute atomic E-state index is 12.2. The highest BCUT2D eigenvalue weighted by Gasteiger charge is 2.27. The van der Waals surface area contributed by atoms with Gasteiger partial charge in [-0.15, -0.1) is 0 Å². The number of halogens is 3. The highest BCUT2D eigenvalue weighted by molar-refractivity contribution is 6.00. The number of hydrogen-bond acceptors (Lipinski definition) is 4. The molecule has 2 heterocycles. The van der Waals surface area contributed by atoms with E-state index in [4.69, 9.17) is 0 Å². The summed E-state index contributed by atoms with van der Waals surface area (Å²) in [5.41, 5.74) is 2.55. The van der Waals surface area contributed by atoms with Crippen LogP contribution >= 0.6 is 0 Å². The molecule has 1 saturated heterocycles. The third kappa shape index (κ3) is 4.74. The average Bonchev–Trinajstić information content (AvgIpc) is 2.58. The Labute approximate surface area is 149 Å². The highest BCUT2D eigenvalue weighted by Crippen LogP contribution is 2.25. The molecular weight excluding hydrogens is 349 g/mol. The van der Waals surface area contributed by atoms with Crippen LogP contribution in [0.4, 0.5) is 18.9 Å². The number of aromatic nitrogens is 1. The first-order valence-corrected chi connectivity index (χ1v) is 8.12. The van der Waals surface area contributed by atoms with E-state index < -0.39 is 12.1 Å². The van der Waals surface area contributed by atoms with Crippen molar-refractivity contribution < 1.29 is 22.8 Å². The molecule has 1 aromatic heterocycles. The summed E-state index contributed by atoms with van der Waals surface area (Å²) in [7, 11) is 1.54. The number of pyridine rings is 1. The van der Waals surface area contributed by atoms with Gasteiger partial charge in [0.25, 0.3) is 5.91 Å². The highest BCUT2D eigenvalue weighted by atomic mass is 19.4. The predicted octanol–water partition coefficient (Wildman–Crippen LogP) is 1.83. The van der Waals surface area contributed by atoms with Crippen molar-refractivity contribution in [2.45, 2.75) is 20.0 Å². The van der Waals surface area contributed by atoms with Crippen LogP contribution in [0.25, 0.3) is 0 Å². The van der Waals surface area contributed by atoms with Gasteiger partial charge in [-0.05, 0) is 19.9 Å². The van der Waals surface area contributed by atoms with Gasteiger partial charge >= 0.3 is 6.18 Å². The largest absolute Gasteiger partial charge is 0.409 e. The number of rotatable bonds is 3. The van der Waals surface area contributed by atoms with Crippen LogP contribution in [0.5, 0.6) is 0 Å². The number of carbonyl (C=O) groups excluding carboxylic acids is 2. The summed E-state index contributed by atoms with van der Waals surface area (Å²) in [4.78, 5) is 31.7. The van der Waals surface area contributed by atoms with Crippen molar-refractivity contribution in [3.8, 4) is 0 Å². The molecule has 142 valence electrons. The molecular formula is C17H21F3N4O2. The first-order chi connectivity index (χ1) is 12.1. The van der Waals surface area contributed by atoms with Crippen molar-refractivity contribution in [2.75, 3.05) is 38.1 Å². The molecule has 1 aliphatic rings. The zero-order chi connectivity index (χ0) is 19.5. The van der Waals surface area contributed by atoms with Crippen LogP contribution in [0.15, 0.2) is 18.2 Å². The second-order valence-corrected chi connectivity index (χ2v) is 6.01. The summed E-state index contributed by atoms with van der Waals surface area (Å²) in [6.07, 6.45) is -4.01. The van der Waals surface area contributed by atoms with Crippen LogP contribution in [-0.4, -0.2) is 61.1 Å². The summed E-state index contributed by atoms with van der Waals surface area (Å²) >= 11 is 0. The number of anilines is 1. The molecule has 2 rings (SSSR count). The van der Waals surface area contributed by atoms with E-state index >= 15 is 0 Å². The van der Waals surface area contributed by atoms with Crippen LogP contribution in [0, 0.1) is 13.8 Å². The third-order valence-corrected chi connectivity index (χ3v) is 4.11. The van der Waals surface area contributed by atoms with E-state index in [1.54, 1.807) is 13.0 Å². The SMILES string of the molecule is CNC(=O)c1c(N2CCN(C(=O)C=CC(F)(F)F)CC2)cc(C)nc1C. The minimum absolute atomic E-state index is 0.0546.